The van der Waals surface area contributed by atoms with Crippen LogP contribution in [0, 0.1) is 0 Å². The lowest BCUT2D eigenvalue weighted by Gasteiger charge is -2.40. The van der Waals surface area contributed by atoms with Gasteiger partial charge in [-0.15, -0.1) is 0 Å². The quantitative estimate of drug-likeness (QED) is 0.118. The van der Waals surface area contributed by atoms with E-state index in [1.54, 1.807) is 28.4 Å². The van der Waals surface area contributed by atoms with Crippen LogP contribution in [0.5, 0.6) is 34.5 Å². The Morgan fingerprint density at radius 2 is 1.23 bits per heavy atom. The van der Waals surface area contributed by atoms with Gasteiger partial charge in [0, 0.05) is 39.1 Å². The Bertz CT molecular complexity index is 2440. The molecule has 0 radical (unpaired) electrons. The molecule has 0 aromatic heterocycles. The standard InChI is InChI=1S/C50H50O7/c1-7-24-49(25-8-2)44-29-32(39-21-18-38(54-5)31-45(39)55-6)9-20-41(44)46-43-30-37(53-4)19-22-40(43)48-42(47(46)49)23-26-50(57-48,33-10-14-35(52-3)15-11-33)34-12-16-36(17-13-34)56-28-27-51/h9-23,26,29-31,51H,7-8,24-25,27-28H2,1-6H3. The smallest absolute Gasteiger partial charge is 0.178 e. The van der Waals surface area contributed by atoms with E-state index in [-0.39, 0.29) is 18.6 Å². The summed E-state index contributed by atoms with van der Waals surface area (Å²) >= 11 is 0. The molecule has 0 saturated carbocycles. The summed E-state index contributed by atoms with van der Waals surface area (Å²) in [7, 11) is 6.79. The maximum atomic E-state index is 9.38. The molecule has 0 fully saturated rings. The number of benzene rings is 6. The second-order valence-electron chi connectivity index (χ2n) is 14.8. The van der Waals surface area contributed by atoms with Gasteiger partial charge in [0.2, 0.25) is 0 Å². The minimum atomic E-state index is -0.975. The lowest BCUT2D eigenvalue weighted by molar-refractivity contribution is 0.162. The average molecular weight is 763 g/mol. The molecule has 7 heteroatoms. The Balaban J connectivity index is 1.40. The predicted molar refractivity (Wildman–Crippen MR) is 228 cm³/mol. The van der Waals surface area contributed by atoms with Gasteiger partial charge in [-0.3, -0.25) is 0 Å². The van der Waals surface area contributed by atoms with Gasteiger partial charge in [-0.1, -0.05) is 69.2 Å². The highest BCUT2D eigenvalue weighted by Crippen LogP contribution is 2.62. The number of methoxy groups -OCH3 is 4. The first-order chi connectivity index (χ1) is 27.9. The van der Waals surface area contributed by atoms with Crippen molar-refractivity contribution in [3.8, 4) is 56.8 Å². The van der Waals surface area contributed by atoms with Crippen molar-refractivity contribution in [2.75, 3.05) is 41.7 Å². The number of hydrogen-bond acceptors (Lipinski definition) is 7. The molecule has 6 aromatic rings. The summed E-state index contributed by atoms with van der Waals surface area (Å²) in [5, 5.41) is 11.5. The molecular weight excluding hydrogens is 713 g/mol. The van der Waals surface area contributed by atoms with Crippen LogP contribution in [0.3, 0.4) is 0 Å². The third-order valence-electron chi connectivity index (χ3n) is 11.8. The zero-order valence-electron chi connectivity index (χ0n) is 33.6. The van der Waals surface area contributed by atoms with Gasteiger partial charge in [-0.05, 0) is 113 Å². The maximum absolute atomic E-state index is 9.38. The molecule has 1 aliphatic heterocycles. The molecule has 0 spiro atoms. The van der Waals surface area contributed by atoms with Crippen LogP contribution < -0.4 is 28.4 Å². The monoisotopic (exact) mass is 762 g/mol. The molecule has 0 amide bonds. The Labute approximate surface area is 335 Å². The lowest BCUT2D eigenvalue weighted by Crippen LogP contribution is -2.35. The van der Waals surface area contributed by atoms with Crippen LogP contribution in [0.15, 0.2) is 109 Å². The van der Waals surface area contributed by atoms with Crippen LogP contribution in [0.25, 0.3) is 39.1 Å². The van der Waals surface area contributed by atoms with Crippen LogP contribution in [-0.2, 0) is 11.0 Å². The van der Waals surface area contributed by atoms with Crippen molar-refractivity contribution in [2.24, 2.45) is 0 Å². The molecule has 0 saturated heterocycles. The van der Waals surface area contributed by atoms with E-state index in [0.717, 1.165) is 93.0 Å². The summed E-state index contributed by atoms with van der Waals surface area (Å²) in [6.07, 6.45) is 8.48. The molecule has 7 nitrogen and oxygen atoms in total. The minimum Gasteiger partial charge on any atom is -0.497 e. The number of aliphatic hydroxyl groups excluding tert-OH is 1. The zero-order chi connectivity index (χ0) is 39.7. The van der Waals surface area contributed by atoms with Crippen LogP contribution in [-0.4, -0.2) is 46.8 Å². The second kappa shape index (κ2) is 15.5. The molecule has 1 atom stereocenters. The molecule has 1 aliphatic carbocycles. The molecule has 1 N–H and O–H groups in total. The normalized spacial score (nSPS) is 16.0. The van der Waals surface area contributed by atoms with E-state index >= 15 is 0 Å². The number of aliphatic hydroxyl groups is 1. The zero-order valence-corrected chi connectivity index (χ0v) is 33.6. The molecule has 0 bridgehead atoms. The first kappa shape index (κ1) is 38.0. The summed E-state index contributed by atoms with van der Waals surface area (Å²) < 4.78 is 36.3. The van der Waals surface area contributed by atoms with Gasteiger partial charge in [-0.2, -0.15) is 0 Å². The molecule has 6 aromatic carbocycles. The summed E-state index contributed by atoms with van der Waals surface area (Å²) in [6.45, 7) is 4.75. The van der Waals surface area contributed by atoms with E-state index in [0.29, 0.717) is 5.75 Å². The predicted octanol–water partition coefficient (Wildman–Crippen LogP) is 11.1. The highest BCUT2D eigenvalue weighted by molar-refractivity contribution is 6.09. The Morgan fingerprint density at radius 1 is 0.614 bits per heavy atom. The highest BCUT2D eigenvalue weighted by atomic mass is 16.5. The van der Waals surface area contributed by atoms with Crippen molar-refractivity contribution in [2.45, 2.75) is 50.5 Å². The summed E-state index contributed by atoms with van der Waals surface area (Å²) in [5.74, 6) is 4.61. The molecule has 1 unspecified atom stereocenters. The lowest BCUT2D eigenvalue weighted by atomic mass is 9.69. The van der Waals surface area contributed by atoms with Crippen molar-refractivity contribution >= 4 is 16.8 Å². The average Bonchev–Trinajstić information content (AvgIpc) is 3.54. The fourth-order valence-electron chi connectivity index (χ4n) is 9.30. The van der Waals surface area contributed by atoms with Crippen LogP contribution in [0.4, 0.5) is 0 Å². The van der Waals surface area contributed by atoms with E-state index in [2.05, 4.69) is 74.5 Å². The van der Waals surface area contributed by atoms with Gasteiger partial charge in [0.1, 0.15) is 41.1 Å². The summed E-state index contributed by atoms with van der Waals surface area (Å²) in [4.78, 5) is 0. The van der Waals surface area contributed by atoms with Gasteiger partial charge >= 0.3 is 0 Å². The molecule has 292 valence electrons. The van der Waals surface area contributed by atoms with Crippen molar-refractivity contribution in [1.82, 2.24) is 0 Å². The van der Waals surface area contributed by atoms with Crippen molar-refractivity contribution < 1.29 is 33.5 Å². The number of fused-ring (bicyclic) bond motifs is 8. The Morgan fingerprint density at radius 3 is 1.86 bits per heavy atom. The SMILES string of the molecule is CCCC1(CCC)c2cc(-c3ccc(OC)cc3OC)ccc2-c2c1c1c(c3ccc(OC)cc23)OC(c2ccc(OC)cc2)(c2ccc(OCCO)cc2)C=C1. The molecule has 2 aliphatic rings. The van der Waals surface area contributed by atoms with Gasteiger partial charge < -0.3 is 33.5 Å². The molecular formula is C50H50O7. The second-order valence-corrected chi connectivity index (χ2v) is 14.8. The summed E-state index contributed by atoms with van der Waals surface area (Å²) in [5.41, 5.74) is 8.99. The van der Waals surface area contributed by atoms with Crippen molar-refractivity contribution in [1.29, 1.82) is 0 Å². The van der Waals surface area contributed by atoms with Gasteiger partial charge in [-0.25, -0.2) is 0 Å². The van der Waals surface area contributed by atoms with E-state index in [4.69, 9.17) is 28.4 Å². The molecule has 1 heterocycles. The first-order valence-corrected chi connectivity index (χ1v) is 19.8. The highest BCUT2D eigenvalue weighted by Gasteiger charge is 2.48. The first-order valence-electron chi connectivity index (χ1n) is 19.8. The van der Waals surface area contributed by atoms with E-state index in [9.17, 15) is 5.11 Å². The number of rotatable bonds is 14. The number of ether oxygens (including phenoxy) is 6. The van der Waals surface area contributed by atoms with Crippen molar-refractivity contribution in [3.63, 3.8) is 0 Å². The Hall–Kier alpha value is -5.92. The largest absolute Gasteiger partial charge is 0.497 e. The van der Waals surface area contributed by atoms with Gasteiger partial charge in [0.25, 0.3) is 0 Å². The maximum Gasteiger partial charge on any atom is 0.178 e. The Kier molecular flexibility index (Phi) is 10.4. The molecule has 8 rings (SSSR count). The topological polar surface area (TPSA) is 75.6 Å². The fourth-order valence-corrected chi connectivity index (χ4v) is 9.30. The third-order valence-corrected chi connectivity index (χ3v) is 11.8. The van der Waals surface area contributed by atoms with E-state index in [1.807, 2.05) is 54.6 Å². The van der Waals surface area contributed by atoms with Crippen LogP contribution >= 0.6 is 0 Å². The fraction of sp³-hybridized carbons (Fsp3) is 0.280. The van der Waals surface area contributed by atoms with E-state index < -0.39 is 5.60 Å². The van der Waals surface area contributed by atoms with Crippen LogP contribution in [0.2, 0.25) is 0 Å². The van der Waals surface area contributed by atoms with Crippen LogP contribution in [0.1, 0.15) is 67.3 Å². The number of hydrogen-bond donors (Lipinski definition) is 1. The molecule has 57 heavy (non-hydrogen) atoms. The van der Waals surface area contributed by atoms with Gasteiger partial charge in [0.05, 0.1) is 35.0 Å². The third kappa shape index (κ3) is 6.25. The van der Waals surface area contributed by atoms with Gasteiger partial charge in [0.15, 0.2) is 5.60 Å². The van der Waals surface area contributed by atoms with Crippen molar-refractivity contribution in [3.05, 3.63) is 137 Å². The summed E-state index contributed by atoms with van der Waals surface area (Å²) in [6, 6.07) is 35.4. The van der Waals surface area contributed by atoms with E-state index in [1.165, 1.54) is 22.3 Å². The minimum absolute atomic E-state index is 0.0548.